The lowest BCUT2D eigenvalue weighted by molar-refractivity contribution is 0.187. The predicted molar refractivity (Wildman–Crippen MR) is 74.0 cm³/mol. The van der Waals surface area contributed by atoms with Crippen LogP contribution in [0.1, 0.15) is 31.4 Å². The van der Waals surface area contributed by atoms with E-state index in [1.165, 1.54) is 25.7 Å². The number of aromatic nitrogens is 2. The van der Waals surface area contributed by atoms with E-state index in [9.17, 15) is 0 Å². The van der Waals surface area contributed by atoms with E-state index >= 15 is 0 Å². The van der Waals surface area contributed by atoms with E-state index in [-0.39, 0.29) is 6.61 Å². The highest BCUT2D eigenvalue weighted by molar-refractivity contribution is 5.37. The minimum Gasteiger partial charge on any atom is -0.390 e. The third-order valence-electron chi connectivity index (χ3n) is 4.31. The molecule has 1 saturated heterocycles. The standard InChI is InChI=1S/C14H22N4O/c19-11-12-9-15-10-14(16-12)18-7-5-17(6-8-18)13-3-1-2-4-13/h9-10,13,19H,1-8,11H2. The van der Waals surface area contributed by atoms with Crippen LogP contribution in [0.25, 0.3) is 0 Å². The van der Waals surface area contributed by atoms with Crippen LogP contribution >= 0.6 is 0 Å². The Morgan fingerprint density at radius 1 is 1.11 bits per heavy atom. The van der Waals surface area contributed by atoms with E-state index in [0.717, 1.165) is 38.0 Å². The zero-order valence-corrected chi connectivity index (χ0v) is 11.3. The summed E-state index contributed by atoms with van der Waals surface area (Å²) < 4.78 is 0. The Balaban J connectivity index is 1.59. The van der Waals surface area contributed by atoms with Crippen LogP contribution in [0.4, 0.5) is 5.82 Å². The Hall–Kier alpha value is -1.20. The SMILES string of the molecule is OCc1cncc(N2CCN(C3CCCC3)CC2)n1. The third-order valence-corrected chi connectivity index (χ3v) is 4.31. The van der Waals surface area contributed by atoms with Gasteiger partial charge in [-0.25, -0.2) is 4.98 Å². The van der Waals surface area contributed by atoms with Gasteiger partial charge in [-0.15, -0.1) is 0 Å². The third kappa shape index (κ3) is 2.87. The molecule has 1 aromatic rings. The first kappa shape index (κ1) is 12.8. The maximum atomic E-state index is 9.12. The fourth-order valence-corrected chi connectivity index (χ4v) is 3.21. The number of aliphatic hydroxyl groups excluding tert-OH is 1. The normalized spacial score (nSPS) is 22.1. The van der Waals surface area contributed by atoms with Crippen LogP contribution < -0.4 is 4.90 Å². The molecule has 2 heterocycles. The van der Waals surface area contributed by atoms with Crippen molar-refractivity contribution >= 4 is 5.82 Å². The van der Waals surface area contributed by atoms with Crippen molar-refractivity contribution in [3.63, 3.8) is 0 Å². The van der Waals surface area contributed by atoms with Gasteiger partial charge in [0, 0.05) is 32.2 Å². The molecule has 1 saturated carbocycles. The number of nitrogens with zero attached hydrogens (tertiary/aromatic N) is 4. The highest BCUT2D eigenvalue weighted by atomic mass is 16.3. The van der Waals surface area contributed by atoms with Crippen LogP contribution in [0.2, 0.25) is 0 Å². The Morgan fingerprint density at radius 2 is 1.84 bits per heavy atom. The van der Waals surface area contributed by atoms with E-state index in [1.54, 1.807) is 12.4 Å². The van der Waals surface area contributed by atoms with Gasteiger partial charge in [0.2, 0.25) is 0 Å². The molecule has 1 aliphatic carbocycles. The molecule has 2 aliphatic rings. The highest BCUT2D eigenvalue weighted by Crippen LogP contribution is 2.25. The maximum Gasteiger partial charge on any atom is 0.147 e. The fraction of sp³-hybridized carbons (Fsp3) is 0.714. The molecule has 0 bridgehead atoms. The molecule has 2 fully saturated rings. The second kappa shape index (κ2) is 5.84. The van der Waals surface area contributed by atoms with Crippen LogP contribution in [0, 0.1) is 0 Å². The Morgan fingerprint density at radius 3 is 2.53 bits per heavy atom. The van der Waals surface area contributed by atoms with E-state index in [0.29, 0.717) is 5.69 Å². The quantitative estimate of drug-likeness (QED) is 0.882. The van der Waals surface area contributed by atoms with Gasteiger partial charge < -0.3 is 10.0 Å². The van der Waals surface area contributed by atoms with Crippen LogP contribution in [0.15, 0.2) is 12.4 Å². The Labute approximate surface area is 114 Å². The van der Waals surface area contributed by atoms with Gasteiger partial charge in [-0.05, 0) is 12.8 Å². The predicted octanol–water partition coefficient (Wildman–Crippen LogP) is 1.03. The Kier molecular flexibility index (Phi) is 3.94. The van der Waals surface area contributed by atoms with Gasteiger partial charge >= 0.3 is 0 Å². The summed E-state index contributed by atoms with van der Waals surface area (Å²) in [6.07, 6.45) is 8.96. The second-order valence-corrected chi connectivity index (χ2v) is 5.49. The smallest absolute Gasteiger partial charge is 0.147 e. The average Bonchev–Trinajstić information content (AvgIpc) is 3.02. The van der Waals surface area contributed by atoms with Crippen LogP contribution in [0.3, 0.4) is 0 Å². The summed E-state index contributed by atoms with van der Waals surface area (Å²) in [4.78, 5) is 13.5. The fourth-order valence-electron chi connectivity index (χ4n) is 3.21. The molecule has 0 atom stereocenters. The molecule has 0 radical (unpaired) electrons. The van der Waals surface area contributed by atoms with Crippen LogP contribution in [-0.4, -0.2) is 52.2 Å². The van der Waals surface area contributed by atoms with Crippen molar-refractivity contribution in [2.45, 2.75) is 38.3 Å². The summed E-state index contributed by atoms with van der Waals surface area (Å²) in [5.74, 6) is 0.901. The van der Waals surface area contributed by atoms with Crippen LogP contribution in [-0.2, 0) is 6.61 Å². The minimum absolute atomic E-state index is 0.0388. The monoisotopic (exact) mass is 262 g/mol. The highest BCUT2D eigenvalue weighted by Gasteiger charge is 2.26. The molecule has 1 N–H and O–H groups in total. The molecule has 0 aromatic carbocycles. The molecule has 0 unspecified atom stereocenters. The first-order chi connectivity index (χ1) is 9.36. The molecule has 1 aromatic heterocycles. The van der Waals surface area contributed by atoms with Gasteiger partial charge in [-0.2, -0.15) is 0 Å². The van der Waals surface area contributed by atoms with Crippen molar-refractivity contribution in [3.05, 3.63) is 18.1 Å². The zero-order chi connectivity index (χ0) is 13.1. The van der Waals surface area contributed by atoms with E-state index in [2.05, 4.69) is 19.8 Å². The maximum absolute atomic E-state index is 9.12. The van der Waals surface area contributed by atoms with E-state index in [4.69, 9.17) is 5.11 Å². The first-order valence-electron chi connectivity index (χ1n) is 7.27. The number of hydrogen-bond donors (Lipinski definition) is 1. The molecular formula is C14H22N4O. The van der Waals surface area contributed by atoms with Gasteiger partial charge in [-0.3, -0.25) is 9.88 Å². The van der Waals surface area contributed by atoms with Crippen molar-refractivity contribution < 1.29 is 5.11 Å². The summed E-state index contributed by atoms with van der Waals surface area (Å²) in [6, 6.07) is 0.817. The number of rotatable bonds is 3. The molecule has 5 nitrogen and oxygen atoms in total. The number of anilines is 1. The molecule has 3 rings (SSSR count). The summed E-state index contributed by atoms with van der Waals surface area (Å²) in [7, 11) is 0. The van der Waals surface area contributed by atoms with Crippen molar-refractivity contribution in [1.29, 1.82) is 0 Å². The summed E-state index contributed by atoms with van der Waals surface area (Å²) in [5.41, 5.74) is 0.649. The number of aliphatic hydroxyl groups is 1. The Bertz CT molecular complexity index is 412. The van der Waals surface area contributed by atoms with Gasteiger partial charge in [0.15, 0.2) is 0 Å². The zero-order valence-electron chi connectivity index (χ0n) is 11.3. The molecule has 1 aliphatic heterocycles. The number of piperazine rings is 1. The van der Waals surface area contributed by atoms with Crippen molar-refractivity contribution in [2.24, 2.45) is 0 Å². The largest absolute Gasteiger partial charge is 0.390 e. The average molecular weight is 262 g/mol. The van der Waals surface area contributed by atoms with E-state index < -0.39 is 0 Å². The van der Waals surface area contributed by atoms with Gasteiger partial charge in [0.25, 0.3) is 0 Å². The van der Waals surface area contributed by atoms with Crippen molar-refractivity contribution in [2.75, 3.05) is 31.1 Å². The van der Waals surface area contributed by atoms with Gasteiger partial charge in [0.1, 0.15) is 5.82 Å². The summed E-state index contributed by atoms with van der Waals surface area (Å²) >= 11 is 0. The van der Waals surface area contributed by atoms with Gasteiger partial charge in [0.05, 0.1) is 24.7 Å². The van der Waals surface area contributed by atoms with Crippen molar-refractivity contribution in [3.8, 4) is 0 Å². The molecule has 0 amide bonds. The second-order valence-electron chi connectivity index (χ2n) is 5.49. The summed E-state index contributed by atoms with van der Waals surface area (Å²) in [6.45, 7) is 4.23. The first-order valence-corrected chi connectivity index (χ1v) is 7.27. The molecule has 104 valence electrons. The molecule has 5 heteroatoms. The van der Waals surface area contributed by atoms with E-state index in [1.807, 2.05) is 0 Å². The van der Waals surface area contributed by atoms with Crippen LogP contribution in [0.5, 0.6) is 0 Å². The minimum atomic E-state index is -0.0388. The molecular weight excluding hydrogens is 240 g/mol. The number of hydrogen-bond acceptors (Lipinski definition) is 5. The lowest BCUT2D eigenvalue weighted by Crippen LogP contribution is -2.50. The molecule has 0 spiro atoms. The lowest BCUT2D eigenvalue weighted by Gasteiger charge is -2.38. The lowest BCUT2D eigenvalue weighted by atomic mass is 10.2. The molecule has 19 heavy (non-hydrogen) atoms. The summed E-state index contributed by atoms with van der Waals surface area (Å²) in [5, 5.41) is 9.12. The topological polar surface area (TPSA) is 52.5 Å². The van der Waals surface area contributed by atoms with Crippen molar-refractivity contribution in [1.82, 2.24) is 14.9 Å². The van der Waals surface area contributed by atoms with Gasteiger partial charge in [-0.1, -0.05) is 12.8 Å².